The second-order valence-corrected chi connectivity index (χ2v) is 3.13. The van der Waals surface area contributed by atoms with E-state index >= 15 is 0 Å². The molecule has 0 aliphatic carbocycles. The number of hydrogen-bond acceptors (Lipinski definition) is 4. The van der Waals surface area contributed by atoms with E-state index in [1.165, 1.54) is 0 Å². The Morgan fingerprint density at radius 2 is 2.50 bits per heavy atom. The first-order valence-electron chi connectivity index (χ1n) is 4.23. The van der Waals surface area contributed by atoms with Gasteiger partial charge in [0.1, 0.15) is 6.04 Å². The van der Waals surface area contributed by atoms with Crippen LogP contribution >= 0.6 is 0 Å². The molecule has 6 nitrogen and oxygen atoms in total. The summed E-state index contributed by atoms with van der Waals surface area (Å²) in [5.74, 6) is -1.01. The molecular formula is C8H14N4O2. The van der Waals surface area contributed by atoms with Crippen LogP contribution in [0.15, 0.2) is 6.20 Å². The number of anilines is 1. The fourth-order valence-electron chi connectivity index (χ4n) is 1.08. The van der Waals surface area contributed by atoms with Crippen molar-refractivity contribution in [1.82, 2.24) is 9.78 Å². The van der Waals surface area contributed by atoms with Crippen molar-refractivity contribution in [2.75, 3.05) is 11.9 Å². The van der Waals surface area contributed by atoms with Gasteiger partial charge >= 0.3 is 5.97 Å². The lowest BCUT2D eigenvalue weighted by molar-refractivity contribution is -0.138. The van der Waals surface area contributed by atoms with Crippen molar-refractivity contribution < 1.29 is 9.90 Å². The average molecular weight is 198 g/mol. The van der Waals surface area contributed by atoms with Crippen molar-refractivity contribution in [1.29, 1.82) is 0 Å². The van der Waals surface area contributed by atoms with Gasteiger partial charge in [-0.25, -0.2) is 0 Å². The minimum Gasteiger partial charge on any atom is -0.480 e. The number of aromatic nitrogens is 2. The fraction of sp³-hybridized carbons (Fsp3) is 0.500. The van der Waals surface area contributed by atoms with E-state index in [1.807, 2.05) is 6.92 Å². The molecule has 1 atom stereocenters. The van der Waals surface area contributed by atoms with Crippen LogP contribution < -0.4 is 11.1 Å². The van der Waals surface area contributed by atoms with Crippen molar-refractivity contribution in [3.63, 3.8) is 0 Å². The van der Waals surface area contributed by atoms with E-state index in [0.717, 1.165) is 11.4 Å². The van der Waals surface area contributed by atoms with Gasteiger partial charge in [-0.2, -0.15) is 5.10 Å². The van der Waals surface area contributed by atoms with Crippen molar-refractivity contribution in [3.05, 3.63) is 11.9 Å². The Bertz CT molecular complexity index is 334. The molecular weight excluding hydrogens is 184 g/mol. The predicted octanol–water partition coefficient (Wildman–Crippen LogP) is -0.448. The molecule has 6 heteroatoms. The van der Waals surface area contributed by atoms with Gasteiger partial charge in [-0.3, -0.25) is 9.48 Å². The van der Waals surface area contributed by atoms with Gasteiger partial charge in [0.2, 0.25) is 0 Å². The largest absolute Gasteiger partial charge is 0.480 e. The fourth-order valence-corrected chi connectivity index (χ4v) is 1.08. The molecule has 1 rings (SSSR count). The molecule has 0 aliphatic heterocycles. The van der Waals surface area contributed by atoms with Crippen LogP contribution in [0.4, 0.5) is 5.69 Å². The molecule has 0 aromatic carbocycles. The molecule has 0 saturated heterocycles. The zero-order valence-corrected chi connectivity index (χ0v) is 8.19. The van der Waals surface area contributed by atoms with E-state index in [0.29, 0.717) is 0 Å². The van der Waals surface area contributed by atoms with E-state index in [-0.39, 0.29) is 6.54 Å². The van der Waals surface area contributed by atoms with Crippen LogP contribution in [-0.2, 0) is 11.8 Å². The Labute approximate surface area is 81.7 Å². The van der Waals surface area contributed by atoms with Crippen molar-refractivity contribution >= 4 is 11.7 Å². The normalized spacial score (nSPS) is 12.5. The highest BCUT2D eigenvalue weighted by atomic mass is 16.4. The van der Waals surface area contributed by atoms with Crippen LogP contribution in [0.5, 0.6) is 0 Å². The number of carboxylic acid groups (broad SMARTS) is 1. The number of hydrogen-bond donors (Lipinski definition) is 3. The van der Waals surface area contributed by atoms with E-state index in [1.54, 1.807) is 17.9 Å². The number of rotatable bonds is 4. The van der Waals surface area contributed by atoms with Gasteiger partial charge in [0.25, 0.3) is 0 Å². The number of aliphatic carboxylic acids is 1. The SMILES string of the molecule is Cc1nn(C)cc1NCC(N)C(=O)O. The summed E-state index contributed by atoms with van der Waals surface area (Å²) in [6.45, 7) is 2.04. The Morgan fingerprint density at radius 3 is 2.93 bits per heavy atom. The summed E-state index contributed by atoms with van der Waals surface area (Å²) in [4.78, 5) is 10.4. The number of nitrogens with zero attached hydrogens (tertiary/aromatic N) is 2. The lowest BCUT2D eigenvalue weighted by Gasteiger charge is -2.07. The topological polar surface area (TPSA) is 93.2 Å². The van der Waals surface area contributed by atoms with E-state index in [4.69, 9.17) is 10.8 Å². The Hall–Kier alpha value is -1.56. The molecule has 78 valence electrons. The molecule has 1 heterocycles. The standard InChI is InChI=1S/C8H14N4O2/c1-5-7(4-12(2)11-5)10-3-6(9)8(13)14/h4,6,10H,3,9H2,1-2H3,(H,13,14). The lowest BCUT2D eigenvalue weighted by atomic mass is 10.3. The lowest BCUT2D eigenvalue weighted by Crippen LogP contribution is -2.36. The molecule has 1 aromatic rings. The molecule has 0 bridgehead atoms. The van der Waals surface area contributed by atoms with Crippen molar-refractivity contribution in [2.24, 2.45) is 12.8 Å². The third-order valence-electron chi connectivity index (χ3n) is 1.84. The van der Waals surface area contributed by atoms with Crippen LogP contribution in [0, 0.1) is 6.92 Å². The summed E-state index contributed by atoms with van der Waals surface area (Å²) in [7, 11) is 1.80. The van der Waals surface area contributed by atoms with Crippen LogP contribution in [0.1, 0.15) is 5.69 Å². The highest BCUT2D eigenvalue weighted by molar-refractivity contribution is 5.74. The molecule has 0 aliphatic rings. The number of aryl methyl sites for hydroxylation is 2. The van der Waals surface area contributed by atoms with Crippen LogP contribution in [0.3, 0.4) is 0 Å². The summed E-state index contributed by atoms with van der Waals surface area (Å²) < 4.78 is 1.66. The Balaban J connectivity index is 2.53. The van der Waals surface area contributed by atoms with Gasteiger partial charge < -0.3 is 16.2 Å². The van der Waals surface area contributed by atoms with Gasteiger partial charge in [0, 0.05) is 19.8 Å². The van der Waals surface area contributed by atoms with Gasteiger partial charge in [-0.1, -0.05) is 0 Å². The Kier molecular flexibility index (Phi) is 3.08. The average Bonchev–Trinajstić information content (AvgIpc) is 2.40. The smallest absolute Gasteiger partial charge is 0.322 e. The zero-order valence-electron chi connectivity index (χ0n) is 8.19. The van der Waals surface area contributed by atoms with Crippen LogP contribution in [0.2, 0.25) is 0 Å². The molecule has 0 amide bonds. The maximum atomic E-state index is 10.4. The summed E-state index contributed by atoms with van der Waals surface area (Å²) in [6, 6.07) is -0.894. The first kappa shape index (κ1) is 10.5. The van der Waals surface area contributed by atoms with Gasteiger partial charge in [0.15, 0.2) is 0 Å². The summed E-state index contributed by atoms with van der Waals surface area (Å²) in [6.07, 6.45) is 1.78. The zero-order chi connectivity index (χ0) is 10.7. The van der Waals surface area contributed by atoms with E-state index in [2.05, 4.69) is 10.4 Å². The minimum absolute atomic E-state index is 0.196. The summed E-state index contributed by atoms with van der Waals surface area (Å²) in [5, 5.41) is 15.6. The van der Waals surface area contributed by atoms with Gasteiger partial charge in [0.05, 0.1) is 11.4 Å². The monoisotopic (exact) mass is 198 g/mol. The maximum absolute atomic E-state index is 10.4. The first-order valence-corrected chi connectivity index (χ1v) is 4.23. The van der Waals surface area contributed by atoms with E-state index < -0.39 is 12.0 Å². The first-order chi connectivity index (χ1) is 6.50. The summed E-state index contributed by atoms with van der Waals surface area (Å²) >= 11 is 0. The molecule has 0 fully saturated rings. The number of nitrogens with two attached hydrogens (primary N) is 1. The molecule has 1 unspecified atom stereocenters. The number of carboxylic acids is 1. The quantitative estimate of drug-likeness (QED) is 0.609. The maximum Gasteiger partial charge on any atom is 0.322 e. The minimum atomic E-state index is -1.01. The molecule has 0 spiro atoms. The molecule has 0 saturated carbocycles. The third kappa shape index (κ3) is 2.46. The Morgan fingerprint density at radius 1 is 1.86 bits per heavy atom. The van der Waals surface area contributed by atoms with Crippen LogP contribution in [0.25, 0.3) is 0 Å². The third-order valence-corrected chi connectivity index (χ3v) is 1.84. The molecule has 0 radical (unpaired) electrons. The van der Waals surface area contributed by atoms with Crippen molar-refractivity contribution in [3.8, 4) is 0 Å². The molecule has 14 heavy (non-hydrogen) atoms. The van der Waals surface area contributed by atoms with E-state index in [9.17, 15) is 4.79 Å². The molecule has 1 aromatic heterocycles. The summed E-state index contributed by atoms with van der Waals surface area (Å²) in [5.41, 5.74) is 6.97. The molecule has 4 N–H and O–H groups in total. The van der Waals surface area contributed by atoms with Crippen LogP contribution in [-0.4, -0.2) is 33.4 Å². The number of nitrogens with one attached hydrogen (secondary N) is 1. The second kappa shape index (κ2) is 4.10. The predicted molar refractivity (Wildman–Crippen MR) is 52.0 cm³/mol. The second-order valence-electron chi connectivity index (χ2n) is 3.13. The highest BCUT2D eigenvalue weighted by Crippen LogP contribution is 2.10. The van der Waals surface area contributed by atoms with Crippen molar-refractivity contribution in [2.45, 2.75) is 13.0 Å². The highest BCUT2D eigenvalue weighted by Gasteiger charge is 2.11. The number of carbonyl (C=O) groups is 1. The van der Waals surface area contributed by atoms with Gasteiger partial charge in [-0.05, 0) is 6.92 Å². The van der Waals surface area contributed by atoms with Gasteiger partial charge in [-0.15, -0.1) is 0 Å².